The van der Waals surface area contributed by atoms with Gasteiger partial charge in [0.05, 0.1) is 0 Å². The summed E-state index contributed by atoms with van der Waals surface area (Å²) in [7, 11) is -4.83. The monoisotopic (exact) mass is 521 g/mol. The summed E-state index contributed by atoms with van der Waals surface area (Å²) in [5.74, 6) is 0. The first kappa shape index (κ1) is 116. The minimum atomic E-state index is -1.61. The van der Waals surface area contributed by atoms with Gasteiger partial charge in [-0.25, -0.2) is 0 Å². The predicted octanol–water partition coefficient (Wildman–Crippen LogP) is 6.04. The van der Waals surface area contributed by atoms with Gasteiger partial charge in [0.1, 0.15) is 0 Å². The first-order valence-corrected chi connectivity index (χ1v) is 15.5. The van der Waals surface area contributed by atoms with Gasteiger partial charge in [-0.15, -0.1) is 0 Å². The van der Waals surface area contributed by atoms with Crippen molar-refractivity contribution in [1.82, 2.24) is 0 Å². The average molecular weight is 522 g/mol. The van der Waals surface area contributed by atoms with Crippen molar-refractivity contribution in [3.8, 4) is 0 Å². The molecule has 0 amide bonds. The third-order valence-electron chi connectivity index (χ3n) is 0. The fraction of sp³-hybridized carbons (Fsp3) is 0.611. The molecule has 4 nitrogen and oxygen atoms in total. The van der Waals surface area contributed by atoms with E-state index in [4.69, 9.17) is 14.4 Å². The molecule has 0 heterocycles. The van der Waals surface area contributed by atoms with E-state index >= 15 is 0 Å². The molecule has 0 aromatic heterocycles. The Hall–Kier alpha value is 1.92. The molecular formula is C18H61O4Si3Ti2. The Balaban J connectivity index is -0.00000000503. The molecule has 0 saturated carbocycles. The molecular weight excluding hydrogens is 460 g/mol. The second-order valence-corrected chi connectivity index (χ2v) is 19.5. The van der Waals surface area contributed by atoms with Crippen LogP contribution in [-0.4, -0.2) is 44.8 Å². The molecule has 0 saturated heterocycles. The summed E-state index contributed by atoms with van der Waals surface area (Å²) >= 11 is 0. The van der Waals surface area contributed by atoms with Crippen molar-refractivity contribution >= 4 is 25.0 Å². The molecule has 0 aliphatic heterocycles. The van der Waals surface area contributed by atoms with Crippen LogP contribution in [0.3, 0.4) is 0 Å². The maximum absolute atomic E-state index is 8.66. The van der Waals surface area contributed by atoms with Crippen LogP contribution in [0, 0.1) is 52.0 Å². The predicted molar refractivity (Wildman–Crippen MR) is 139 cm³/mol. The van der Waals surface area contributed by atoms with Crippen molar-refractivity contribution in [3.05, 3.63) is 52.0 Å². The normalized spacial score (nSPS) is 6.67. The van der Waals surface area contributed by atoms with Gasteiger partial charge in [0.2, 0.25) is 0 Å². The van der Waals surface area contributed by atoms with Gasteiger partial charge in [-0.1, -0.05) is 14.9 Å². The Bertz CT molecular complexity index is 114. The zero-order chi connectivity index (χ0) is 13.5. The van der Waals surface area contributed by atoms with Gasteiger partial charge in [0, 0.05) is 0 Å². The summed E-state index contributed by atoms with van der Waals surface area (Å²) < 4.78 is 0. The van der Waals surface area contributed by atoms with Crippen molar-refractivity contribution in [2.24, 2.45) is 0 Å². The second kappa shape index (κ2) is 51.0. The minimum Gasteiger partial charge on any atom is -0.433 e. The molecule has 0 aliphatic carbocycles. The smallest absolute Gasteiger partial charge is 0.433 e. The summed E-state index contributed by atoms with van der Waals surface area (Å²) in [6.07, 6.45) is 0. The van der Waals surface area contributed by atoms with E-state index in [1.54, 1.807) is 0 Å². The molecule has 0 atom stereocenters. The van der Waals surface area contributed by atoms with Gasteiger partial charge in [0.25, 0.3) is 0 Å². The summed E-state index contributed by atoms with van der Waals surface area (Å²) in [4.78, 5) is 26.0. The molecule has 5 N–H and O–H groups in total. The van der Waals surface area contributed by atoms with Crippen LogP contribution in [0.4, 0.5) is 0 Å². The largest absolute Gasteiger partial charge is 4.00 e. The zero-order valence-electron chi connectivity index (χ0n) is 20.3. The summed E-state index contributed by atoms with van der Waals surface area (Å²) in [5, 5.41) is 0. The minimum absolute atomic E-state index is 0. The van der Waals surface area contributed by atoms with E-state index in [-0.39, 0.29) is 116 Å². The van der Waals surface area contributed by atoms with Crippen LogP contribution in [0.2, 0.25) is 58.9 Å². The zero-order valence-corrected chi connectivity index (χ0v) is 26.5. The van der Waals surface area contributed by atoms with E-state index in [2.05, 4.69) is 0 Å². The number of rotatable bonds is 0. The maximum Gasteiger partial charge on any atom is 4.00 e. The van der Waals surface area contributed by atoms with Crippen LogP contribution in [0.5, 0.6) is 0 Å². The topological polar surface area (TPSA) is 92.2 Å². The molecule has 0 unspecified atom stereocenters. The van der Waals surface area contributed by atoms with Crippen LogP contribution in [0.1, 0.15) is 14.9 Å². The molecule has 0 fully saturated rings. The maximum atomic E-state index is 8.66. The fourth-order valence-corrected chi connectivity index (χ4v) is 0. The summed E-state index contributed by atoms with van der Waals surface area (Å²) in [5.41, 5.74) is 0. The Morgan fingerprint density at radius 1 is 0.407 bits per heavy atom. The standard InChI is InChI=1S/3C3H10OSi.2CH4.7CH3.H2O.2Ti/c3*1-5(2,3)4;;;;;;;;;;;;/h3*4H,1-3H3;2*1H4;7*1H3;1H2;;/q;;;;;7*-1;;+3;+4. The number of hydrogen-bond acceptors (Lipinski definition) is 3. The van der Waals surface area contributed by atoms with Gasteiger partial charge in [-0.05, 0) is 58.9 Å². The van der Waals surface area contributed by atoms with Gasteiger partial charge in [-0.2, -0.15) is 0 Å². The average Bonchev–Trinajstić information content (AvgIpc) is 1.41. The molecule has 0 aliphatic rings. The SMILES string of the molecule is C.C.C[Si](C)(C)O.C[Si](C)(C)O.C[Si](C)(C)O.O.[CH3-].[CH3-].[CH3-].[CH3-].[CH3-].[CH3-].[CH3-].[Ti+3].[Ti+4]. The third kappa shape index (κ3) is 5090. The van der Waals surface area contributed by atoms with Crippen molar-refractivity contribution in [2.75, 3.05) is 0 Å². The number of hydrogen-bond donors (Lipinski definition) is 3. The van der Waals surface area contributed by atoms with Crippen molar-refractivity contribution in [1.29, 1.82) is 0 Å². The van der Waals surface area contributed by atoms with Crippen LogP contribution >= 0.6 is 0 Å². The fourth-order valence-electron chi connectivity index (χ4n) is 0. The van der Waals surface area contributed by atoms with Crippen molar-refractivity contribution in [2.45, 2.75) is 73.8 Å². The first-order valence-electron chi connectivity index (χ1n) is 5.17. The van der Waals surface area contributed by atoms with E-state index in [0.717, 1.165) is 0 Å². The molecule has 0 aromatic rings. The third-order valence-corrected chi connectivity index (χ3v) is 0. The van der Waals surface area contributed by atoms with Crippen molar-refractivity contribution < 1.29 is 63.3 Å². The van der Waals surface area contributed by atoms with Crippen LogP contribution in [-0.2, 0) is 43.4 Å². The molecule has 0 bridgehead atoms. The molecule has 9 heteroatoms. The van der Waals surface area contributed by atoms with Crippen LogP contribution < -0.4 is 0 Å². The quantitative estimate of drug-likeness (QED) is 0.268. The van der Waals surface area contributed by atoms with Crippen LogP contribution in [0.25, 0.3) is 0 Å². The molecule has 0 aromatic carbocycles. The Morgan fingerprint density at radius 3 is 0.407 bits per heavy atom. The molecule has 1 radical (unpaired) electrons. The van der Waals surface area contributed by atoms with Gasteiger partial charge >= 0.3 is 43.4 Å². The second-order valence-electron chi connectivity index (χ2n) is 6.51. The Morgan fingerprint density at radius 2 is 0.407 bits per heavy atom. The van der Waals surface area contributed by atoms with Gasteiger partial charge in [0.15, 0.2) is 25.0 Å². The molecule has 0 rings (SSSR count). The molecule has 27 heavy (non-hydrogen) atoms. The van der Waals surface area contributed by atoms with Crippen molar-refractivity contribution in [3.63, 3.8) is 0 Å². The van der Waals surface area contributed by atoms with Crippen LogP contribution in [0.15, 0.2) is 0 Å². The van der Waals surface area contributed by atoms with E-state index in [1.165, 1.54) is 0 Å². The summed E-state index contributed by atoms with van der Waals surface area (Å²) in [6.45, 7) is 16.9. The summed E-state index contributed by atoms with van der Waals surface area (Å²) in [6, 6.07) is 0. The van der Waals surface area contributed by atoms with E-state index in [9.17, 15) is 0 Å². The van der Waals surface area contributed by atoms with E-state index < -0.39 is 25.0 Å². The Labute approximate surface area is 212 Å². The van der Waals surface area contributed by atoms with Gasteiger partial charge < -0.3 is 71.8 Å². The van der Waals surface area contributed by atoms with Gasteiger partial charge in [-0.3, -0.25) is 0 Å². The van der Waals surface area contributed by atoms with E-state index in [0.29, 0.717) is 0 Å². The molecule has 177 valence electrons. The van der Waals surface area contributed by atoms with E-state index in [1.807, 2.05) is 58.9 Å². The Kier molecular flexibility index (Phi) is 220. The molecule has 0 spiro atoms. The first-order chi connectivity index (χ1) is 6.00.